The first-order valence-corrected chi connectivity index (χ1v) is 9.70. The van der Waals surface area contributed by atoms with Crippen molar-refractivity contribution >= 4 is 27.2 Å². The molecule has 3 aromatic rings. The van der Waals surface area contributed by atoms with Crippen molar-refractivity contribution < 1.29 is 0 Å². The highest BCUT2D eigenvalue weighted by molar-refractivity contribution is 7.18. The minimum absolute atomic E-state index is 0.00458. The SMILES string of the molecule is Cc1cccc(N[C@H](C)c2nc3sc4c(c3c(=O)[nH]2)CC[C@H](C)C4)c1. The summed E-state index contributed by atoms with van der Waals surface area (Å²) in [6, 6.07) is 8.17. The lowest BCUT2D eigenvalue weighted by Crippen LogP contribution is -2.18. The molecule has 2 atom stereocenters. The first kappa shape index (κ1) is 16.3. The first-order chi connectivity index (χ1) is 12.0. The van der Waals surface area contributed by atoms with E-state index in [9.17, 15) is 4.79 Å². The third-order valence-electron chi connectivity index (χ3n) is 5.00. The number of nitrogens with zero attached hydrogens (tertiary/aromatic N) is 1. The second-order valence-corrected chi connectivity index (χ2v) is 8.30. The lowest BCUT2D eigenvalue weighted by molar-refractivity contribution is 0.509. The van der Waals surface area contributed by atoms with E-state index in [0.29, 0.717) is 11.7 Å². The zero-order chi connectivity index (χ0) is 17.6. The van der Waals surface area contributed by atoms with Gasteiger partial charge in [-0.1, -0.05) is 19.1 Å². The molecule has 0 bridgehead atoms. The van der Waals surface area contributed by atoms with Gasteiger partial charge in [0.15, 0.2) is 0 Å². The van der Waals surface area contributed by atoms with Crippen LogP contribution in [0, 0.1) is 12.8 Å². The Kier molecular flexibility index (Phi) is 4.12. The highest BCUT2D eigenvalue weighted by atomic mass is 32.1. The molecule has 5 heteroatoms. The van der Waals surface area contributed by atoms with E-state index in [0.717, 1.165) is 35.2 Å². The summed E-state index contributed by atoms with van der Waals surface area (Å²) in [5, 5.41) is 4.25. The van der Waals surface area contributed by atoms with Gasteiger partial charge in [0, 0.05) is 10.6 Å². The molecule has 25 heavy (non-hydrogen) atoms. The molecule has 1 aliphatic rings. The van der Waals surface area contributed by atoms with E-state index in [1.54, 1.807) is 11.3 Å². The Bertz CT molecular complexity index is 988. The average Bonchev–Trinajstić information content (AvgIpc) is 2.92. The molecule has 0 saturated carbocycles. The average molecular weight is 353 g/mol. The van der Waals surface area contributed by atoms with Crippen molar-refractivity contribution in [3.63, 3.8) is 0 Å². The van der Waals surface area contributed by atoms with Crippen molar-refractivity contribution in [3.05, 3.63) is 56.4 Å². The van der Waals surface area contributed by atoms with Gasteiger partial charge in [-0.3, -0.25) is 4.79 Å². The number of H-pyrrole nitrogens is 1. The molecule has 2 N–H and O–H groups in total. The summed E-state index contributed by atoms with van der Waals surface area (Å²) in [6.07, 6.45) is 3.23. The van der Waals surface area contributed by atoms with Crippen LogP contribution in [0.15, 0.2) is 29.1 Å². The molecular weight excluding hydrogens is 330 g/mol. The molecule has 0 radical (unpaired) electrons. The monoisotopic (exact) mass is 353 g/mol. The highest BCUT2D eigenvalue weighted by Crippen LogP contribution is 2.35. The number of fused-ring (bicyclic) bond motifs is 3. The minimum Gasteiger partial charge on any atom is -0.375 e. The molecule has 130 valence electrons. The van der Waals surface area contributed by atoms with Gasteiger partial charge in [0.1, 0.15) is 10.7 Å². The molecule has 2 aromatic heterocycles. The van der Waals surface area contributed by atoms with Crippen molar-refractivity contribution in [2.24, 2.45) is 5.92 Å². The molecule has 0 aliphatic heterocycles. The Hall–Kier alpha value is -2.14. The molecule has 4 rings (SSSR count). The van der Waals surface area contributed by atoms with Gasteiger partial charge in [0.25, 0.3) is 5.56 Å². The fourth-order valence-corrected chi connectivity index (χ4v) is 5.01. The Labute approximate surface area is 151 Å². The number of thiophene rings is 1. The number of aromatic nitrogens is 2. The summed E-state index contributed by atoms with van der Waals surface area (Å²) in [6.45, 7) is 6.38. The zero-order valence-electron chi connectivity index (χ0n) is 14.8. The van der Waals surface area contributed by atoms with E-state index in [4.69, 9.17) is 4.98 Å². The predicted octanol–water partition coefficient (Wildman–Crippen LogP) is 4.59. The number of aromatic amines is 1. The maximum atomic E-state index is 12.7. The molecule has 0 unspecified atom stereocenters. The van der Waals surface area contributed by atoms with Gasteiger partial charge in [-0.2, -0.15) is 0 Å². The largest absolute Gasteiger partial charge is 0.375 e. The van der Waals surface area contributed by atoms with Crippen LogP contribution in [0.2, 0.25) is 0 Å². The summed E-state index contributed by atoms with van der Waals surface area (Å²) in [5.41, 5.74) is 3.48. The molecule has 1 aliphatic carbocycles. The van der Waals surface area contributed by atoms with E-state index in [1.807, 2.05) is 19.1 Å². The van der Waals surface area contributed by atoms with Gasteiger partial charge in [-0.05, 0) is 62.3 Å². The number of hydrogen-bond acceptors (Lipinski definition) is 4. The molecular formula is C20H23N3OS. The number of aryl methyl sites for hydroxylation is 2. The van der Waals surface area contributed by atoms with Crippen molar-refractivity contribution in [1.29, 1.82) is 0 Å². The van der Waals surface area contributed by atoms with Crippen LogP contribution in [-0.2, 0) is 12.8 Å². The van der Waals surface area contributed by atoms with E-state index in [2.05, 4.69) is 36.3 Å². The summed E-state index contributed by atoms with van der Waals surface area (Å²) < 4.78 is 0. The Morgan fingerprint density at radius 3 is 3.04 bits per heavy atom. The van der Waals surface area contributed by atoms with Crippen molar-refractivity contribution in [2.75, 3.05) is 5.32 Å². The van der Waals surface area contributed by atoms with E-state index in [-0.39, 0.29) is 11.6 Å². The van der Waals surface area contributed by atoms with Crippen LogP contribution in [0.3, 0.4) is 0 Å². The topological polar surface area (TPSA) is 57.8 Å². The lowest BCUT2D eigenvalue weighted by atomic mass is 9.89. The fourth-order valence-electron chi connectivity index (χ4n) is 3.62. The molecule has 4 nitrogen and oxygen atoms in total. The van der Waals surface area contributed by atoms with Crippen LogP contribution in [0.5, 0.6) is 0 Å². The molecule has 0 spiro atoms. The van der Waals surface area contributed by atoms with Gasteiger partial charge < -0.3 is 10.3 Å². The maximum absolute atomic E-state index is 12.7. The van der Waals surface area contributed by atoms with Gasteiger partial charge in [0.2, 0.25) is 0 Å². The number of nitrogens with one attached hydrogen (secondary N) is 2. The van der Waals surface area contributed by atoms with Crippen molar-refractivity contribution in [3.8, 4) is 0 Å². The van der Waals surface area contributed by atoms with Gasteiger partial charge in [-0.15, -0.1) is 11.3 Å². The first-order valence-electron chi connectivity index (χ1n) is 8.89. The van der Waals surface area contributed by atoms with Crippen LogP contribution >= 0.6 is 11.3 Å². The fraction of sp³-hybridized carbons (Fsp3) is 0.400. The van der Waals surface area contributed by atoms with E-state index >= 15 is 0 Å². The standard InChI is InChI=1S/C20H23N3OS/c1-11-5-4-6-14(9-11)21-13(3)18-22-19(24)17-15-8-7-12(2)10-16(15)25-20(17)23-18/h4-6,9,12-13,21H,7-8,10H2,1-3H3,(H,22,23,24)/t12-,13+/m0/s1. The molecule has 2 heterocycles. The zero-order valence-corrected chi connectivity index (χ0v) is 15.7. The summed E-state index contributed by atoms with van der Waals surface area (Å²) in [7, 11) is 0. The summed E-state index contributed by atoms with van der Waals surface area (Å²) in [4.78, 5) is 22.7. The number of rotatable bonds is 3. The van der Waals surface area contributed by atoms with Crippen LogP contribution in [0.25, 0.3) is 10.2 Å². The van der Waals surface area contributed by atoms with Crippen molar-refractivity contribution in [1.82, 2.24) is 9.97 Å². The Morgan fingerprint density at radius 1 is 1.40 bits per heavy atom. The molecule has 0 fully saturated rings. The second kappa shape index (κ2) is 6.30. The molecule has 0 amide bonds. The van der Waals surface area contributed by atoms with Crippen molar-refractivity contribution in [2.45, 2.75) is 46.1 Å². The lowest BCUT2D eigenvalue weighted by Gasteiger charge is -2.17. The van der Waals surface area contributed by atoms with E-state index in [1.165, 1.54) is 16.0 Å². The van der Waals surface area contributed by atoms with Gasteiger partial charge in [-0.25, -0.2) is 4.98 Å². The van der Waals surface area contributed by atoms with Gasteiger partial charge in [0.05, 0.1) is 11.4 Å². The number of hydrogen-bond donors (Lipinski definition) is 2. The predicted molar refractivity (Wildman–Crippen MR) is 105 cm³/mol. The van der Waals surface area contributed by atoms with Crippen LogP contribution in [-0.4, -0.2) is 9.97 Å². The quantitative estimate of drug-likeness (QED) is 0.724. The number of benzene rings is 1. The van der Waals surface area contributed by atoms with Crippen LogP contribution in [0.4, 0.5) is 5.69 Å². The van der Waals surface area contributed by atoms with Crippen LogP contribution in [0.1, 0.15) is 48.1 Å². The second-order valence-electron chi connectivity index (χ2n) is 7.22. The van der Waals surface area contributed by atoms with E-state index < -0.39 is 0 Å². The normalized spacial score (nSPS) is 18.1. The third kappa shape index (κ3) is 3.09. The minimum atomic E-state index is -0.0584. The summed E-state index contributed by atoms with van der Waals surface area (Å²) >= 11 is 1.70. The Balaban J connectivity index is 1.70. The molecule has 0 saturated heterocycles. The summed E-state index contributed by atoms with van der Waals surface area (Å²) in [5.74, 6) is 1.40. The highest BCUT2D eigenvalue weighted by Gasteiger charge is 2.23. The molecule has 1 aromatic carbocycles. The smallest absolute Gasteiger partial charge is 0.259 e. The number of anilines is 1. The third-order valence-corrected chi connectivity index (χ3v) is 6.14. The Morgan fingerprint density at radius 2 is 2.24 bits per heavy atom. The maximum Gasteiger partial charge on any atom is 0.259 e. The van der Waals surface area contributed by atoms with Crippen LogP contribution < -0.4 is 10.9 Å². The van der Waals surface area contributed by atoms with Gasteiger partial charge >= 0.3 is 0 Å².